The molecule has 0 spiro atoms. The molecule has 1 saturated heterocycles. The molecule has 0 aromatic heterocycles. The van der Waals surface area contributed by atoms with Crippen molar-refractivity contribution >= 4 is 5.97 Å². The Morgan fingerprint density at radius 2 is 2.24 bits per heavy atom. The highest BCUT2D eigenvalue weighted by Crippen LogP contribution is 2.14. The van der Waals surface area contributed by atoms with Gasteiger partial charge >= 0.3 is 5.97 Å². The molecule has 1 rings (SSSR count). The molecule has 0 aromatic carbocycles. The number of carbonyl (C=O) groups is 1. The number of ether oxygens (including phenoxy) is 2. The summed E-state index contributed by atoms with van der Waals surface area (Å²) in [5.41, 5.74) is -0.480. The van der Waals surface area contributed by atoms with Gasteiger partial charge in [-0.1, -0.05) is 0 Å². The summed E-state index contributed by atoms with van der Waals surface area (Å²) < 4.78 is 10.6. The lowest BCUT2D eigenvalue weighted by Gasteiger charge is -2.34. The van der Waals surface area contributed by atoms with Gasteiger partial charge in [0.2, 0.25) is 0 Å². The summed E-state index contributed by atoms with van der Waals surface area (Å²) in [6, 6.07) is 1.72. The Kier molecular flexibility index (Phi) is 4.49. The number of carbonyl (C=O) groups excluding carboxylic acids is 1. The molecule has 5 nitrogen and oxygen atoms in total. The molecular formula is C12H20N2O3. The maximum Gasteiger partial charge on any atom is 0.323 e. The zero-order chi connectivity index (χ0) is 13.1. The van der Waals surface area contributed by atoms with Crippen molar-refractivity contribution in [1.29, 1.82) is 5.26 Å². The highest BCUT2D eigenvalue weighted by molar-refractivity contribution is 5.75. The predicted molar refractivity (Wildman–Crippen MR) is 62.2 cm³/mol. The normalized spacial score (nSPS) is 23.8. The van der Waals surface area contributed by atoms with Crippen molar-refractivity contribution in [2.75, 3.05) is 19.7 Å². The van der Waals surface area contributed by atoms with Crippen LogP contribution in [0.25, 0.3) is 0 Å². The van der Waals surface area contributed by atoms with Gasteiger partial charge in [0.25, 0.3) is 0 Å². The minimum Gasteiger partial charge on any atom is -0.459 e. The van der Waals surface area contributed by atoms with Crippen LogP contribution >= 0.6 is 0 Å². The van der Waals surface area contributed by atoms with Crippen molar-refractivity contribution in [2.45, 2.75) is 45.4 Å². The molecule has 1 aliphatic rings. The lowest BCUT2D eigenvalue weighted by atomic mass is 10.1. The number of hydrogen-bond donors (Lipinski definition) is 0. The lowest BCUT2D eigenvalue weighted by molar-refractivity contribution is -0.162. The van der Waals surface area contributed by atoms with Crippen molar-refractivity contribution in [1.82, 2.24) is 4.90 Å². The molecule has 0 aliphatic carbocycles. The topological polar surface area (TPSA) is 62.6 Å². The summed E-state index contributed by atoms with van der Waals surface area (Å²) in [6.07, 6.45) is -0.450. The van der Waals surface area contributed by atoms with Crippen LogP contribution in [0.1, 0.15) is 27.7 Å². The van der Waals surface area contributed by atoms with Crippen LogP contribution < -0.4 is 0 Å². The van der Waals surface area contributed by atoms with Gasteiger partial charge in [0, 0.05) is 13.1 Å². The van der Waals surface area contributed by atoms with Crippen LogP contribution in [0.5, 0.6) is 0 Å². The van der Waals surface area contributed by atoms with Gasteiger partial charge < -0.3 is 9.47 Å². The van der Waals surface area contributed by atoms with E-state index in [0.29, 0.717) is 19.7 Å². The van der Waals surface area contributed by atoms with E-state index in [2.05, 4.69) is 6.07 Å². The van der Waals surface area contributed by atoms with E-state index in [1.54, 1.807) is 6.92 Å². The molecule has 1 aliphatic heterocycles. The number of rotatable bonds is 2. The fourth-order valence-electron chi connectivity index (χ4n) is 1.64. The first-order valence-electron chi connectivity index (χ1n) is 5.81. The lowest BCUT2D eigenvalue weighted by Crippen LogP contribution is -2.50. The number of nitrogens with zero attached hydrogens (tertiary/aromatic N) is 2. The largest absolute Gasteiger partial charge is 0.459 e. The summed E-state index contributed by atoms with van der Waals surface area (Å²) in [7, 11) is 0. The summed E-state index contributed by atoms with van der Waals surface area (Å²) in [5.74, 6) is -0.254. The fraction of sp³-hybridized carbons (Fsp3) is 0.833. The van der Waals surface area contributed by atoms with Gasteiger partial charge in [0.15, 0.2) is 6.10 Å². The van der Waals surface area contributed by atoms with Crippen LogP contribution in [0.4, 0.5) is 0 Å². The average molecular weight is 240 g/mol. The summed E-state index contributed by atoms with van der Waals surface area (Å²) >= 11 is 0. The standard InChI is InChI=1S/C12H20N2O3/c1-9(11(15)17-12(2,3)4)14-5-6-16-10(7-13)8-14/h9-10H,5-6,8H2,1-4H3. The van der Waals surface area contributed by atoms with E-state index in [-0.39, 0.29) is 12.0 Å². The Morgan fingerprint density at radius 1 is 1.59 bits per heavy atom. The minimum absolute atomic E-state index is 0.254. The predicted octanol–water partition coefficient (Wildman–Crippen LogP) is 0.941. The SMILES string of the molecule is CC(C(=O)OC(C)(C)C)N1CCOC(C#N)C1. The molecule has 0 bridgehead atoms. The Hall–Kier alpha value is -1.12. The van der Waals surface area contributed by atoms with Gasteiger partial charge in [-0.2, -0.15) is 5.26 Å². The first-order chi connectivity index (χ1) is 7.83. The van der Waals surface area contributed by atoms with E-state index in [1.807, 2.05) is 25.7 Å². The van der Waals surface area contributed by atoms with E-state index < -0.39 is 11.7 Å². The maximum absolute atomic E-state index is 11.9. The van der Waals surface area contributed by atoms with Crippen molar-refractivity contribution < 1.29 is 14.3 Å². The molecule has 5 heteroatoms. The van der Waals surface area contributed by atoms with Gasteiger partial charge in [-0.3, -0.25) is 9.69 Å². The number of hydrogen-bond acceptors (Lipinski definition) is 5. The highest BCUT2D eigenvalue weighted by atomic mass is 16.6. The highest BCUT2D eigenvalue weighted by Gasteiger charge is 2.30. The molecule has 1 heterocycles. The first-order valence-corrected chi connectivity index (χ1v) is 5.81. The van der Waals surface area contributed by atoms with Crippen LogP contribution in [-0.4, -0.2) is 48.3 Å². The number of morpholine rings is 1. The van der Waals surface area contributed by atoms with Crippen LogP contribution in [0, 0.1) is 11.3 Å². The van der Waals surface area contributed by atoms with Gasteiger partial charge in [0.05, 0.1) is 12.7 Å². The third-order valence-corrected chi connectivity index (χ3v) is 2.54. The summed E-state index contributed by atoms with van der Waals surface area (Å²) in [5, 5.41) is 8.80. The first kappa shape index (κ1) is 13.9. The molecule has 0 amide bonds. The molecule has 0 aromatic rings. The second kappa shape index (κ2) is 5.48. The second-order valence-electron chi connectivity index (χ2n) is 5.19. The number of esters is 1. The Bertz CT molecular complexity index is 317. The Balaban J connectivity index is 2.55. The Morgan fingerprint density at radius 3 is 2.76 bits per heavy atom. The quantitative estimate of drug-likeness (QED) is 0.672. The van der Waals surface area contributed by atoms with Crippen LogP contribution in [0.15, 0.2) is 0 Å². The molecule has 0 saturated carbocycles. The summed E-state index contributed by atoms with van der Waals surface area (Å²) in [4.78, 5) is 13.8. The smallest absolute Gasteiger partial charge is 0.323 e. The van der Waals surface area contributed by atoms with Crippen LogP contribution in [-0.2, 0) is 14.3 Å². The monoisotopic (exact) mass is 240 g/mol. The minimum atomic E-state index is -0.480. The van der Waals surface area contributed by atoms with E-state index in [4.69, 9.17) is 14.7 Å². The van der Waals surface area contributed by atoms with Gasteiger partial charge in [0.1, 0.15) is 11.6 Å². The number of nitriles is 1. The molecule has 96 valence electrons. The molecule has 2 atom stereocenters. The molecule has 17 heavy (non-hydrogen) atoms. The van der Waals surface area contributed by atoms with E-state index in [1.165, 1.54) is 0 Å². The van der Waals surface area contributed by atoms with Crippen LogP contribution in [0.2, 0.25) is 0 Å². The van der Waals surface area contributed by atoms with Crippen molar-refractivity contribution in [3.05, 3.63) is 0 Å². The molecule has 0 N–H and O–H groups in total. The average Bonchev–Trinajstić information content (AvgIpc) is 2.26. The van der Waals surface area contributed by atoms with Crippen molar-refractivity contribution in [3.63, 3.8) is 0 Å². The van der Waals surface area contributed by atoms with Crippen molar-refractivity contribution in [3.8, 4) is 6.07 Å². The van der Waals surface area contributed by atoms with Gasteiger partial charge in [-0.15, -0.1) is 0 Å². The van der Waals surface area contributed by atoms with Crippen LogP contribution in [0.3, 0.4) is 0 Å². The molecule has 2 unspecified atom stereocenters. The second-order valence-corrected chi connectivity index (χ2v) is 5.19. The van der Waals surface area contributed by atoms with Gasteiger partial charge in [-0.25, -0.2) is 0 Å². The molecule has 0 radical (unpaired) electrons. The molecular weight excluding hydrogens is 220 g/mol. The summed E-state index contributed by atoms with van der Waals surface area (Å²) in [6.45, 7) is 8.91. The van der Waals surface area contributed by atoms with E-state index in [9.17, 15) is 4.79 Å². The zero-order valence-electron chi connectivity index (χ0n) is 10.9. The Labute approximate surface area is 102 Å². The van der Waals surface area contributed by atoms with Crippen molar-refractivity contribution in [2.24, 2.45) is 0 Å². The zero-order valence-corrected chi connectivity index (χ0v) is 10.9. The third kappa shape index (κ3) is 4.33. The maximum atomic E-state index is 11.9. The van der Waals surface area contributed by atoms with E-state index in [0.717, 1.165) is 0 Å². The fourth-order valence-corrected chi connectivity index (χ4v) is 1.64. The van der Waals surface area contributed by atoms with Gasteiger partial charge in [-0.05, 0) is 27.7 Å². The third-order valence-electron chi connectivity index (χ3n) is 2.54. The van der Waals surface area contributed by atoms with E-state index >= 15 is 0 Å². The molecule has 1 fully saturated rings.